The molecule has 134 valence electrons. The zero-order valence-electron chi connectivity index (χ0n) is 14.4. The van der Waals surface area contributed by atoms with Crippen LogP contribution in [0.2, 0.25) is 0 Å². The molecule has 0 amide bonds. The van der Waals surface area contributed by atoms with Gasteiger partial charge in [-0.15, -0.1) is 6.58 Å². The van der Waals surface area contributed by atoms with Crippen molar-refractivity contribution in [3.8, 4) is 11.3 Å². The maximum atomic E-state index is 11.7. The van der Waals surface area contributed by atoms with Crippen LogP contribution in [-0.4, -0.2) is 32.8 Å². The van der Waals surface area contributed by atoms with Crippen molar-refractivity contribution in [1.82, 2.24) is 20.2 Å². The van der Waals surface area contributed by atoms with Gasteiger partial charge in [-0.25, -0.2) is 9.48 Å². The number of hydrogen-bond donors (Lipinski definition) is 1. The minimum absolute atomic E-state index is 0.333. The predicted octanol–water partition coefficient (Wildman–Crippen LogP) is 2.91. The number of aromatic nitrogens is 4. The number of benzene rings is 1. The van der Waals surface area contributed by atoms with Crippen LogP contribution in [0.25, 0.3) is 11.3 Å². The van der Waals surface area contributed by atoms with Crippen LogP contribution >= 0.6 is 0 Å². The molecule has 0 bridgehead atoms. The lowest BCUT2D eigenvalue weighted by Crippen LogP contribution is -2.07. The van der Waals surface area contributed by atoms with Crippen LogP contribution in [0.3, 0.4) is 0 Å². The van der Waals surface area contributed by atoms with Crippen LogP contribution in [0, 0.1) is 0 Å². The van der Waals surface area contributed by atoms with Crippen molar-refractivity contribution in [2.45, 2.75) is 20.0 Å². The van der Waals surface area contributed by atoms with Crippen LogP contribution in [0.5, 0.6) is 0 Å². The van der Waals surface area contributed by atoms with E-state index in [1.54, 1.807) is 29.8 Å². The molecule has 0 fully saturated rings. The lowest BCUT2D eigenvalue weighted by Gasteiger charge is -2.04. The number of nitrogens with one attached hydrogen (secondary N) is 1. The summed E-state index contributed by atoms with van der Waals surface area (Å²) < 4.78 is 12.4. The summed E-state index contributed by atoms with van der Waals surface area (Å²) in [4.78, 5) is 11.7. The van der Waals surface area contributed by atoms with Gasteiger partial charge in [0, 0.05) is 5.56 Å². The number of ether oxygens (including phenoxy) is 1. The van der Waals surface area contributed by atoms with Gasteiger partial charge in [-0.1, -0.05) is 23.3 Å². The largest absolute Gasteiger partial charge is 0.462 e. The Morgan fingerprint density at radius 2 is 2.12 bits per heavy atom. The number of carbonyl (C=O) groups is 1. The summed E-state index contributed by atoms with van der Waals surface area (Å²) in [6, 6.07) is 10.8. The van der Waals surface area contributed by atoms with E-state index in [9.17, 15) is 4.79 Å². The van der Waals surface area contributed by atoms with Gasteiger partial charge in [0.1, 0.15) is 11.5 Å². The van der Waals surface area contributed by atoms with Gasteiger partial charge in [0.2, 0.25) is 5.95 Å². The van der Waals surface area contributed by atoms with Crippen molar-refractivity contribution in [2.24, 2.45) is 0 Å². The normalized spacial score (nSPS) is 10.5. The molecule has 3 aromatic rings. The maximum Gasteiger partial charge on any atom is 0.338 e. The van der Waals surface area contributed by atoms with Crippen molar-refractivity contribution < 1.29 is 13.9 Å². The van der Waals surface area contributed by atoms with E-state index in [0.29, 0.717) is 37.0 Å². The lowest BCUT2D eigenvalue weighted by molar-refractivity contribution is 0.0526. The van der Waals surface area contributed by atoms with E-state index in [1.165, 1.54) is 0 Å². The zero-order chi connectivity index (χ0) is 18.4. The molecule has 1 N–H and O–H groups in total. The second kappa shape index (κ2) is 8.11. The van der Waals surface area contributed by atoms with Gasteiger partial charge in [0.25, 0.3) is 0 Å². The number of esters is 1. The monoisotopic (exact) mass is 353 g/mol. The first-order valence-corrected chi connectivity index (χ1v) is 8.18. The smallest absolute Gasteiger partial charge is 0.338 e. The second-order valence-electron chi connectivity index (χ2n) is 5.39. The molecule has 0 aliphatic heterocycles. The summed E-state index contributed by atoms with van der Waals surface area (Å²) in [6.45, 7) is 6.76. The van der Waals surface area contributed by atoms with E-state index < -0.39 is 0 Å². The van der Waals surface area contributed by atoms with Crippen LogP contribution in [0.4, 0.5) is 5.95 Å². The Balaban J connectivity index is 1.65. The highest BCUT2D eigenvalue weighted by molar-refractivity contribution is 5.89. The van der Waals surface area contributed by atoms with E-state index in [4.69, 9.17) is 9.15 Å². The standard InChI is InChI=1S/C18H19N5O3/c1-3-11-23-18(20-21-22-23)19-12-15-9-10-16(26-15)13-5-7-14(8-6-13)17(24)25-4-2/h3,5-10H,1,4,11-12H2,2H3,(H,19,20,22). The first-order valence-electron chi connectivity index (χ1n) is 8.18. The van der Waals surface area contributed by atoms with Gasteiger partial charge in [0.05, 0.1) is 25.3 Å². The quantitative estimate of drug-likeness (QED) is 0.491. The molecular weight excluding hydrogens is 334 g/mol. The summed E-state index contributed by atoms with van der Waals surface area (Å²) >= 11 is 0. The molecule has 2 aromatic heterocycles. The maximum absolute atomic E-state index is 11.7. The molecule has 0 spiro atoms. The summed E-state index contributed by atoms with van der Waals surface area (Å²) in [6.07, 6.45) is 1.71. The number of tetrazole rings is 1. The Labute approximate surface area is 150 Å². The number of hydrogen-bond acceptors (Lipinski definition) is 7. The zero-order valence-corrected chi connectivity index (χ0v) is 14.4. The highest BCUT2D eigenvalue weighted by Crippen LogP contribution is 2.23. The number of allylic oxidation sites excluding steroid dienone is 1. The predicted molar refractivity (Wildman–Crippen MR) is 95.4 cm³/mol. The molecule has 26 heavy (non-hydrogen) atoms. The first kappa shape index (κ1) is 17.4. The Hall–Kier alpha value is -3.42. The molecule has 0 saturated carbocycles. The minimum atomic E-state index is -0.333. The van der Waals surface area contributed by atoms with E-state index in [1.807, 2.05) is 24.3 Å². The van der Waals surface area contributed by atoms with Crippen molar-refractivity contribution in [1.29, 1.82) is 0 Å². The molecule has 0 atom stereocenters. The molecule has 2 heterocycles. The Bertz CT molecular complexity index is 882. The molecule has 3 rings (SSSR count). The molecule has 0 unspecified atom stereocenters. The van der Waals surface area contributed by atoms with E-state index in [2.05, 4.69) is 27.4 Å². The third-order valence-electron chi connectivity index (χ3n) is 3.60. The fourth-order valence-electron chi connectivity index (χ4n) is 2.36. The SMILES string of the molecule is C=CCn1nnnc1NCc1ccc(-c2ccc(C(=O)OCC)cc2)o1. The van der Waals surface area contributed by atoms with E-state index in [0.717, 1.165) is 11.3 Å². The van der Waals surface area contributed by atoms with Crippen LogP contribution in [0.15, 0.2) is 53.5 Å². The summed E-state index contributed by atoms with van der Waals surface area (Å²) in [7, 11) is 0. The van der Waals surface area contributed by atoms with Crippen LogP contribution < -0.4 is 5.32 Å². The van der Waals surface area contributed by atoms with Crippen molar-refractivity contribution in [3.05, 3.63) is 60.4 Å². The first-order chi connectivity index (χ1) is 12.7. The Morgan fingerprint density at radius 3 is 2.85 bits per heavy atom. The summed E-state index contributed by atoms with van der Waals surface area (Å²) in [5.74, 6) is 1.66. The summed E-state index contributed by atoms with van der Waals surface area (Å²) in [5, 5.41) is 14.5. The third kappa shape index (κ3) is 3.97. The molecule has 0 aliphatic carbocycles. The van der Waals surface area contributed by atoms with Gasteiger partial charge < -0.3 is 14.5 Å². The minimum Gasteiger partial charge on any atom is -0.462 e. The number of nitrogens with zero attached hydrogens (tertiary/aromatic N) is 4. The van der Waals surface area contributed by atoms with E-state index in [-0.39, 0.29) is 5.97 Å². The number of carbonyl (C=O) groups excluding carboxylic acids is 1. The second-order valence-corrected chi connectivity index (χ2v) is 5.39. The van der Waals surface area contributed by atoms with Gasteiger partial charge in [-0.05, 0) is 41.6 Å². The Kier molecular flexibility index (Phi) is 5.43. The number of anilines is 1. The van der Waals surface area contributed by atoms with Crippen molar-refractivity contribution in [2.75, 3.05) is 11.9 Å². The molecule has 8 heteroatoms. The number of furan rings is 1. The number of rotatable bonds is 8. The lowest BCUT2D eigenvalue weighted by atomic mass is 10.1. The van der Waals surface area contributed by atoms with Crippen LogP contribution in [0.1, 0.15) is 23.0 Å². The van der Waals surface area contributed by atoms with Crippen molar-refractivity contribution in [3.63, 3.8) is 0 Å². The van der Waals surface area contributed by atoms with Gasteiger partial charge >= 0.3 is 5.97 Å². The van der Waals surface area contributed by atoms with Gasteiger partial charge in [-0.3, -0.25) is 0 Å². The average Bonchev–Trinajstić information content (AvgIpc) is 3.30. The molecule has 0 radical (unpaired) electrons. The third-order valence-corrected chi connectivity index (χ3v) is 3.60. The Morgan fingerprint density at radius 1 is 1.31 bits per heavy atom. The highest BCUT2D eigenvalue weighted by atomic mass is 16.5. The van der Waals surface area contributed by atoms with Crippen LogP contribution in [-0.2, 0) is 17.8 Å². The highest BCUT2D eigenvalue weighted by Gasteiger charge is 2.10. The fraction of sp³-hybridized carbons (Fsp3) is 0.222. The average molecular weight is 353 g/mol. The van der Waals surface area contributed by atoms with E-state index >= 15 is 0 Å². The summed E-state index contributed by atoms with van der Waals surface area (Å²) in [5.41, 5.74) is 1.39. The molecular formula is C18H19N5O3. The molecule has 0 saturated heterocycles. The van der Waals surface area contributed by atoms with Crippen molar-refractivity contribution >= 4 is 11.9 Å². The molecule has 0 aliphatic rings. The fourth-order valence-corrected chi connectivity index (χ4v) is 2.36. The van der Waals surface area contributed by atoms with Gasteiger partial charge in [-0.2, -0.15) is 0 Å². The topological polar surface area (TPSA) is 95.1 Å². The molecule has 1 aromatic carbocycles. The molecule has 8 nitrogen and oxygen atoms in total. The van der Waals surface area contributed by atoms with Gasteiger partial charge in [0.15, 0.2) is 0 Å².